The van der Waals surface area contributed by atoms with E-state index in [1.807, 2.05) is 19.9 Å². The van der Waals surface area contributed by atoms with Crippen molar-refractivity contribution in [2.24, 2.45) is 11.8 Å². The van der Waals surface area contributed by atoms with Gasteiger partial charge in [-0.25, -0.2) is 9.97 Å². The lowest BCUT2D eigenvalue weighted by Crippen LogP contribution is -2.49. The number of hydrogen-bond acceptors (Lipinski definition) is 12. The Bertz CT molecular complexity index is 1630. The van der Waals surface area contributed by atoms with E-state index in [0.29, 0.717) is 54.1 Å². The van der Waals surface area contributed by atoms with Crippen LogP contribution in [-0.4, -0.2) is 86.1 Å². The summed E-state index contributed by atoms with van der Waals surface area (Å²) in [5, 5.41) is 38.1. The van der Waals surface area contributed by atoms with E-state index in [0.717, 1.165) is 21.6 Å². The summed E-state index contributed by atoms with van der Waals surface area (Å²) in [5.41, 5.74) is 3.74. The fraction of sp³-hybridized carbons (Fsp3) is 0.448. The molecule has 15 heteroatoms. The molecule has 0 bridgehead atoms. The first kappa shape index (κ1) is 30.2. The van der Waals surface area contributed by atoms with Gasteiger partial charge in [-0.3, -0.25) is 4.98 Å². The summed E-state index contributed by atoms with van der Waals surface area (Å²) < 4.78 is 42.3. The second-order valence-corrected chi connectivity index (χ2v) is 12.3. The average molecular weight is 632 g/mol. The molecule has 1 aliphatic carbocycles. The zero-order chi connectivity index (χ0) is 31.2. The van der Waals surface area contributed by atoms with Gasteiger partial charge in [-0.15, -0.1) is 24.5 Å². The molecule has 4 aromatic rings. The predicted octanol–water partition coefficient (Wildman–Crippen LogP) is 3.73. The van der Waals surface area contributed by atoms with Crippen LogP contribution in [0.2, 0.25) is 0 Å². The first-order chi connectivity index (χ1) is 21.0. The van der Waals surface area contributed by atoms with Crippen molar-refractivity contribution in [2.45, 2.75) is 44.9 Å². The fourth-order valence-electron chi connectivity index (χ4n) is 5.73. The van der Waals surface area contributed by atoms with Crippen molar-refractivity contribution in [3.8, 4) is 16.3 Å². The lowest BCUT2D eigenvalue weighted by molar-refractivity contribution is -0.274. The third-order valence-corrected chi connectivity index (χ3v) is 9.13. The van der Waals surface area contributed by atoms with Gasteiger partial charge < -0.3 is 35.6 Å². The highest BCUT2D eigenvalue weighted by Gasteiger charge is 2.41. The number of aryl methyl sites for hydroxylation is 2. The summed E-state index contributed by atoms with van der Waals surface area (Å²) in [6, 6.07) is 7.15. The van der Waals surface area contributed by atoms with E-state index in [4.69, 9.17) is 15.0 Å². The van der Waals surface area contributed by atoms with E-state index in [1.165, 1.54) is 23.5 Å². The summed E-state index contributed by atoms with van der Waals surface area (Å²) >= 11 is 1.48. The van der Waals surface area contributed by atoms with Gasteiger partial charge in [-0.05, 0) is 50.6 Å². The highest BCUT2D eigenvalue weighted by Crippen LogP contribution is 2.38. The van der Waals surface area contributed by atoms with E-state index in [1.54, 1.807) is 18.3 Å². The topological polar surface area (TPSA) is 149 Å². The van der Waals surface area contributed by atoms with Crippen LogP contribution in [0.3, 0.4) is 0 Å². The number of aromatic nitrogens is 4. The molecular formula is C29H32F3N7O4S. The van der Waals surface area contributed by atoms with Crippen LogP contribution in [0.1, 0.15) is 17.8 Å². The van der Waals surface area contributed by atoms with Crippen LogP contribution in [0.15, 0.2) is 36.5 Å². The van der Waals surface area contributed by atoms with E-state index < -0.39 is 30.5 Å². The van der Waals surface area contributed by atoms with Crippen LogP contribution in [-0.2, 0) is 0 Å². The molecule has 6 rings (SSSR count). The molecule has 234 valence electrons. The smallest absolute Gasteiger partial charge is 0.406 e. The minimum absolute atomic E-state index is 0.243. The Labute approximate surface area is 254 Å². The van der Waals surface area contributed by atoms with Crippen LogP contribution < -0.4 is 20.3 Å². The maximum absolute atomic E-state index is 12.4. The van der Waals surface area contributed by atoms with Gasteiger partial charge in [0.05, 0.1) is 33.8 Å². The van der Waals surface area contributed by atoms with Gasteiger partial charge in [-0.2, -0.15) is 4.98 Å². The Morgan fingerprint density at radius 3 is 2.43 bits per heavy atom. The molecular weight excluding hydrogens is 599 g/mol. The third-order valence-electron chi connectivity index (χ3n) is 8.09. The lowest BCUT2D eigenvalue weighted by Gasteiger charge is -2.41. The summed E-state index contributed by atoms with van der Waals surface area (Å²) in [6.45, 7) is 5.47. The van der Waals surface area contributed by atoms with Gasteiger partial charge in [0, 0.05) is 50.0 Å². The Morgan fingerprint density at radius 2 is 1.77 bits per heavy atom. The number of aliphatic hydroxyl groups excluding tert-OH is 3. The number of nitrogens with one attached hydrogen (secondary N) is 2. The number of ether oxygens (including phenoxy) is 1. The van der Waals surface area contributed by atoms with Crippen LogP contribution in [0.25, 0.3) is 20.8 Å². The normalized spacial score (nSPS) is 22.3. The number of hydrogen-bond donors (Lipinski definition) is 5. The Hall–Kier alpha value is -3.79. The molecule has 2 aliphatic rings. The Balaban J connectivity index is 1.18. The Morgan fingerprint density at radius 1 is 1.02 bits per heavy atom. The largest absolute Gasteiger partial charge is 0.573 e. The predicted molar refractivity (Wildman–Crippen MR) is 160 cm³/mol. The number of halogens is 3. The van der Waals surface area contributed by atoms with Crippen molar-refractivity contribution in [3.05, 3.63) is 47.9 Å². The number of alkyl halides is 3. The summed E-state index contributed by atoms with van der Waals surface area (Å²) in [5.74, 6) is 0.363. The van der Waals surface area contributed by atoms with Crippen molar-refractivity contribution in [1.29, 1.82) is 0 Å². The molecule has 3 aromatic heterocycles. The lowest BCUT2D eigenvalue weighted by atomic mass is 9.99. The van der Waals surface area contributed by atoms with E-state index in [2.05, 4.69) is 25.3 Å². The molecule has 44 heavy (non-hydrogen) atoms. The molecule has 0 unspecified atom stereocenters. The van der Waals surface area contributed by atoms with Crippen molar-refractivity contribution < 1.29 is 33.2 Å². The van der Waals surface area contributed by atoms with E-state index in [-0.39, 0.29) is 18.3 Å². The molecule has 0 amide bonds. The molecule has 1 saturated carbocycles. The second kappa shape index (κ2) is 12.0. The highest BCUT2D eigenvalue weighted by molar-refractivity contribution is 7.21. The van der Waals surface area contributed by atoms with Crippen LogP contribution in [0, 0.1) is 25.7 Å². The first-order valence-electron chi connectivity index (χ1n) is 14.2. The summed E-state index contributed by atoms with van der Waals surface area (Å²) in [6.07, 6.45) is -4.79. The summed E-state index contributed by atoms with van der Waals surface area (Å²) in [4.78, 5) is 20.7. The fourth-order valence-corrected chi connectivity index (χ4v) is 6.84. The van der Waals surface area contributed by atoms with Crippen molar-refractivity contribution >= 4 is 39.0 Å². The number of anilines is 3. The molecule has 1 saturated heterocycles. The SMILES string of the molecule is Cc1nc(NCC2CN(c3ccc(OC(F)(F)F)cc3)C2)nc(N[C@@H]2C[C@H](CO)[C@@H](O)[C@H]2O)c1-c1nc2c(C)nccc2s1. The molecule has 1 aromatic carbocycles. The molecule has 0 radical (unpaired) electrons. The van der Waals surface area contributed by atoms with Gasteiger partial charge >= 0.3 is 6.36 Å². The summed E-state index contributed by atoms with van der Waals surface area (Å²) in [7, 11) is 0. The number of pyridine rings is 1. The number of rotatable bonds is 9. The molecule has 4 atom stereocenters. The van der Waals surface area contributed by atoms with Crippen molar-refractivity contribution in [2.75, 3.05) is 41.8 Å². The molecule has 1 aliphatic heterocycles. The maximum Gasteiger partial charge on any atom is 0.573 e. The van der Waals surface area contributed by atoms with Gasteiger partial charge in [0.15, 0.2) is 0 Å². The number of fused-ring (bicyclic) bond motifs is 1. The maximum atomic E-state index is 12.4. The van der Waals surface area contributed by atoms with Gasteiger partial charge in [0.25, 0.3) is 0 Å². The van der Waals surface area contributed by atoms with Crippen molar-refractivity contribution in [3.63, 3.8) is 0 Å². The molecule has 0 spiro atoms. The average Bonchev–Trinajstić information content (AvgIpc) is 3.49. The quantitative estimate of drug-likeness (QED) is 0.184. The minimum atomic E-state index is -4.73. The molecule has 4 heterocycles. The number of aliphatic hydroxyl groups is 3. The number of benzene rings is 1. The highest BCUT2D eigenvalue weighted by atomic mass is 32.1. The zero-order valence-electron chi connectivity index (χ0n) is 23.9. The van der Waals surface area contributed by atoms with Crippen LogP contribution in [0.4, 0.5) is 30.6 Å². The second-order valence-electron chi connectivity index (χ2n) is 11.2. The van der Waals surface area contributed by atoms with Crippen LogP contribution in [0.5, 0.6) is 5.75 Å². The molecule has 11 nitrogen and oxygen atoms in total. The number of thiazole rings is 1. The van der Waals surface area contributed by atoms with E-state index in [9.17, 15) is 28.5 Å². The monoisotopic (exact) mass is 631 g/mol. The standard InChI is InChI=1S/C29H32F3N7O4S/c1-14-22(27-37-23-15(2)33-8-7-21(23)44-27)26(36-20-9-17(13-40)24(41)25(20)42)38-28(35-14)34-10-16-11-39(12-16)18-3-5-19(6-4-18)43-29(30,31)32/h3-8,16-17,20,24-25,40-42H,9-13H2,1-2H3,(H2,34,35,36,38)/t17-,20-,24-,25+/m1/s1. The molecule has 2 fully saturated rings. The van der Waals surface area contributed by atoms with Gasteiger partial charge in [0.2, 0.25) is 5.95 Å². The third kappa shape index (κ3) is 6.22. The van der Waals surface area contributed by atoms with Gasteiger partial charge in [-0.1, -0.05) is 0 Å². The number of nitrogens with zero attached hydrogens (tertiary/aromatic N) is 5. The van der Waals surface area contributed by atoms with E-state index >= 15 is 0 Å². The first-order valence-corrected chi connectivity index (χ1v) is 15.0. The minimum Gasteiger partial charge on any atom is -0.406 e. The van der Waals surface area contributed by atoms with Crippen LogP contribution >= 0.6 is 11.3 Å². The zero-order valence-corrected chi connectivity index (χ0v) is 24.7. The molecule has 5 N–H and O–H groups in total. The van der Waals surface area contributed by atoms with Gasteiger partial charge in [0.1, 0.15) is 28.2 Å². The Kier molecular flexibility index (Phi) is 8.22. The van der Waals surface area contributed by atoms with Crippen molar-refractivity contribution in [1.82, 2.24) is 19.9 Å².